The Labute approximate surface area is 170 Å². The van der Waals surface area contributed by atoms with E-state index >= 15 is 0 Å². The summed E-state index contributed by atoms with van der Waals surface area (Å²) in [4.78, 5) is 11.5. The Kier molecular flexibility index (Phi) is 5.86. The van der Waals surface area contributed by atoms with Gasteiger partial charge in [0.05, 0.1) is 11.5 Å². The third-order valence-corrected chi connectivity index (χ3v) is 6.33. The summed E-state index contributed by atoms with van der Waals surface area (Å²) in [5.74, 6) is -0.161. The molecule has 0 bridgehead atoms. The zero-order valence-corrected chi connectivity index (χ0v) is 17.5. The number of sulfonamides is 1. The van der Waals surface area contributed by atoms with E-state index in [9.17, 15) is 18.3 Å². The summed E-state index contributed by atoms with van der Waals surface area (Å²) in [6.45, 7) is 5.53. The van der Waals surface area contributed by atoms with Crippen LogP contribution in [0.5, 0.6) is 11.5 Å². The standard InChI is InChI=1S/C21H25NO6S/c1-14-4-7-17(8-5-14)29(25,26)22-13-15-10-11-27-19-12-16(6-9-18(15)19)28-21(2,3)20(23)24/h4-9,12,15,22H,10-11,13H2,1-3H3,(H,23,24). The van der Waals surface area contributed by atoms with E-state index in [-0.39, 0.29) is 17.4 Å². The second-order valence-corrected chi connectivity index (χ2v) is 9.38. The van der Waals surface area contributed by atoms with E-state index in [0.717, 1.165) is 11.1 Å². The molecule has 1 aliphatic heterocycles. The van der Waals surface area contributed by atoms with Crippen LogP contribution in [0.1, 0.15) is 37.3 Å². The minimum atomic E-state index is -3.60. The molecule has 0 amide bonds. The summed E-state index contributed by atoms with van der Waals surface area (Å²) in [7, 11) is -3.60. The lowest BCUT2D eigenvalue weighted by atomic mass is 9.93. The number of aryl methyl sites for hydroxylation is 1. The maximum Gasteiger partial charge on any atom is 0.347 e. The van der Waals surface area contributed by atoms with Crippen molar-refractivity contribution < 1.29 is 27.8 Å². The molecule has 1 aliphatic rings. The normalized spacial score (nSPS) is 16.6. The van der Waals surface area contributed by atoms with Crippen LogP contribution < -0.4 is 14.2 Å². The summed E-state index contributed by atoms with van der Waals surface area (Å²) in [6, 6.07) is 11.8. The number of carboxylic acids is 1. The number of carbonyl (C=O) groups is 1. The molecule has 2 aromatic rings. The van der Waals surface area contributed by atoms with Gasteiger partial charge in [-0.25, -0.2) is 17.9 Å². The zero-order valence-electron chi connectivity index (χ0n) is 16.6. The van der Waals surface area contributed by atoms with Gasteiger partial charge in [-0.1, -0.05) is 23.8 Å². The predicted octanol–water partition coefficient (Wildman–Crippen LogP) is 3.08. The van der Waals surface area contributed by atoms with Crippen molar-refractivity contribution in [3.05, 3.63) is 53.6 Å². The van der Waals surface area contributed by atoms with Gasteiger partial charge in [0.25, 0.3) is 0 Å². The fourth-order valence-electron chi connectivity index (χ4n) is 3.07. The highest BCUT2D eigenvalue weighted by Crippen LogP contribution is 2.37. The molecule has 29 heavy (non-hydrogen) atoms. The lowest BCUT2D eigenvalue weighted by Crippen LogP contribution is -2.37. The average Bonchev–Trinajstić information content (AvgIpc) is 2.66. The van der Waals surface area contributed by atoms with E-state index in [4.69, 9.17) is 9.47 Å². The van der Waals surface area contributed by atoms with E-state index in [1.165, 1.54) is 13.8 Å². The van der Waals surface area contributed by atoms with Gasteiger partial charge in [-0.3, -0.25) is 0 Å². The molecule has 1 unspecified atom stereocenters. The van der Waals surface area contributed by atoms with Crippen molar-refractivity contribution in [2.45, 2.75) is 43.6 Å². The fraction of sp³-hybridized carbons (Fsp3) is 0.381. The number of hydrogen-bond acceptors (Lipinski definition) is 5. The van der Waals surface area contributed by atoms with Crippen molar-refractivity contribution in [3.8, 4) is 11.5 Å². The van der Waals surface area contributed by atoms with Crippen molar-refractivity contribution in [2.24, 2.45) is 0 Å². The monoisotopic (exact) mass is 419 g/mol. The van der Waals surface area contributed by atoms with Crippen molar-refractivity contribution >= 4 is 16.0 Å². The Balaban J connectivity index is 1.74. The number of ether oxygens (including phenoxy) is 2. The fourth-order valence-corrected chi connectivity index (χ4v) is 4.15. The predicted molar refractivity (Wildman–Crippen MR) is 108 cm³/mol. The number of rotatable bonds is 7. The van der Waals surface area contributed by atoms with Crippen molar-refractivity contribution in [1.29, 1.82) is 0 Å². The molecular weight excluding hydrogens is 394 g/mol. The molecule has 1 heterocycles. The van der Waals surface area contributed by atoms with Crippen LogP contribution in [0.4, 0.5) is 0 Å². The molecule has 3 rings (SSSR count). The lowest BCUT2D eigenvalue weighted by molar-refractivity contribution is -0.152. The van der Waals surface area contributed by atoms with Crippen molar-refractivity contribution in [3.63, 3.8) is 0 Å². The Hall–Kier alpha value is -2.58. The van der Waals surface area contributed by atoms with Crippen LogP contribution in [0.15, 0.2) is 47.4 Å². The first-order valence-electron chi connectivity index (χ1n) is 9.34. The van der Waals surface area contributed by atoms with Gasteiger partial charge in [-0.2, -0.15) is 0 Å². The molecular formula is C21H25NO6S. The Morgan fingerprint density at radius 1 is 1.24 bits per heavy atom. The molecule has 0 spiro atoms. The van der Waals surface area contributed by atoms with Gasteiger partial charge in [0.15, 0.2) is 5.60 Å². The lowest BCUT2D eigenvalue weighted by Gasteiger charge is -2.28. The molecule has 0 fully saturated rings. The van der Waals surface area contributed by atoms with E-state index in [1.807, 2.05) is 6.92 Å². The first-order chi connectivity index (χ1) is 13.6. The summed E-state index contributed by atoms with van der Waals surface area (Å²) >= 11 is 0. The van der Waals surface area contributed by atoms with Crippen LogP contribution in [-0.4, -0.2) is 38.2 Å². The maximum atomic E-state index is 12.6. The summed E-state index contributed by atoms with van der Waals surface area (Å²) in [5.41, 5.74) is 0.487. The van der Waals surface area contributed by atoms with Crippen molar-refractivity contribution in [2.75, 3.05) is 13.2 Å². The average molecular weight is 419 g/mol. The Bertz CT molecular complexity index is 998. The van der Waals surface area contributed by atoms with Crippen LogP contribution in [0, 0.1) is 6.92 Å². The molecule has 0 aliphatic carbocycles. The Morgan fingerprint density at radius 3 is 2.59 bits per heavy atom. The van der Waals surface area contributed by atoms with Gasteiger partial charge in [0, 0.05) is 18.5 Å². The largest absolute Gasteiger partial charge is 0.493 e. The van der Waals surface area contributed by atoms with Gasteiger partial charge in [0.1, 0.15) is 11.5 Å². The van der Waals surface area contributed by atoms with E-state index in [1.54, 1.807) is 42.5 Å². The Morgan fingerprint density at radius 2 is 1.93 bits per heavy atom. The molecule has 7 nitrogen and oxygen atoms in total. The molecule has 2 N–H and O–H groups in total. The molecule has 8 heteroatoms. The summed E-state index contributed by atoms with van der Waals surface area (Å²) in [5, 5.41) is 9.22. The highest BCUT2D eigenvalue weighted by molar-refractivity contribution is 7.89. The number of benzene rings is 2. The van der Waals surface area contributed by atoms with Crippen LogP contribution in [0.3, 0.4) is 0 Å². The van der Waals surface area contributed by atoms with Gasteiger partial charge < -0.3 is 14.6 Å². The molecule has 0 radical (unpaired) electrons. The van der Waals surface area contributed by atoms with Crippen LogP contribution >= 0.6 is 0 Å². The highest BCUT2D eigenvalue weighted by Gasteiger charge is 2.30. The zero-order chi connectivity index (χ0) is 21.2. The van der Waals surface area contributed by atoms with E-state index in [2.05, 4.69) is 4.72 Å². The number of hydrogen-bond donors (Lipinski definition) is 2. The van der Waals surface area contributed by atoms with Crippen LogP contribution in [-0.2, 0) is 14.8 Å². The van der Waals surface area contributed by atoms with E-state index in [0.29, 0.717) is 24.5 Å². The number of nitrogens with one attached hydrogen (secondary N) is 1. The van der Waals surface area contributed by atoms with Crippen molar-refractivity contribution in [1.82, 2.24) is 4.72 Å². The minimum absolute atomic E-state index is 0.0551. The molecule has 0 saturated heterocycles. The first-order valence-corrected chi connectivity index (χ1v) is 10.8. The van der Waals surface area contributed by atoms with Crippen LogP contribution in [0.2, 0.25) is 0 Å². The molecule has 1 atom stereocenters. The minimum Gasteiger partial charge on any atom is -0.493 e. The smallest absolute Gasteiger partial charge is 0.347 e. The number of aliphatic carboxylic acids is 1. The number of carboxylic acid groups (broad SMARTS) is 1. The second kappa shape index (κ2) is 8.04. The van der Waals surface area contributed by atoms with Gasteiger partial charge in [-0.05, 0) is 51.0 Å². The third kappa shape index (κ3) is 4.89. The highest BCUT2D eigenvalue weighted by atomic mass is 32.2. The molecule has 156 valence electrons. The summed E-state index contributed by atoms with van der Waals surface area (Å²) in [6.07, 6.45) is 0.671. The van der Waals surface area contributed by atoms with E-state index < -0.39 is 21.6 Å². The quantitative estimate of drug-likeness (QED) is 0.715. The van der Waals surface area contributed by atoms with Gasteiger partial charge in [0.2, 0.25) is 10.0 Å². The van der Waals surface area contributed by atoms with Gasteiger partial charge in [-0.15, -0.1) is 0 Å². The molecule has 0 saturated carbocycles. The molecule has 2 aromatic carbocycles. The number of fused-ring (bicyclic) bond motifs is 1. The van der Waals surface area contributed by atoms with Gasteiger partial charge >= 0.3 is 5.97 Å². The first kappa shape index (κ1) is 21.1. The summed E-state index contributed by atoms with van der Waals surface area (Å²) < 4.78 is 39.0. The molecule has 0 aromatic heterocycles. The SMILES string of the molecule is Cc1ccc(S(=O)(=O)NCC2CCOc3cc(OC(C)(C)C(=O)O)ccc32)cc1. The second-order valence-electron chi connectivity index (χ2n) is 7.62. The van der Waals surface area contributed by atoms with Crippen LogP contribution in [0.25, 0.3) is 0 Å². The maximum absolute atomic E-state index is 12.6. The topological polar surface area (TPSA) is 102 Å². The third-order valence-electron chi connectivity index (χ3n) is 4.89.